The van der Waals surface area contributed by atoms with E-state index >= 15 is 0 Å². The molecular weight excluding hydrogens is 835 g/mol. The molecule has 2 aromatic heterocycles. The van der Waals surface area contributed by atoms with Crippen LogP contribution in [0.3, 0.4) is 0 Å². The zero-order valence-corrected chi connectivity index (χ0v) is 40.5. The first-order valence-electron chi connectivity index (χ1n) is 22.6. The summed E-state index contributed by atoms with van der Waals surface area (Å²) in [5, 5.41) is 7.70. The molecule has 0 aliphatic carbocycles. The lowest BCUT2D eigenvalue weighted by molar-refractivity contribution is 0.0926. The summed E-state index contributed by atoms with van der Waals surface area (Å²) in [6.07, 6.45) is 12.6. The van der Waals surface area contributed by atoms with Crippen LogP contribution in [0.15, 0.2) is 232 Å². The molecule has 8 aromatic rings. The topological polar surface area (TPSA) is 70.8 Å². The summed E-state index contributed by atoms with van der Waals surface area (Å²) in [6.45, 7) is 24.1. The molecule has 344 valence electrons. The van der Waals surface area contributed by atoms with Crippen LogP contribution in [-0.2, 0) is 0 Å². The van der Waals surface area contributed by atoms with Crippen molar-refractivity contribution >= 4 is 51.1 Å². The highest BCUT2D eigenvalue weighted by atomic mass is 16.2. The lowest BCUT2D eigenvalue weighted by Crippen LogP contribution is -2.29. The summed E-state index contributed by atoms with van der Waals surface area (Å²) < 4.78 is 2.10. The number of carbonyl (C=O) groups excluding carboxylic acids is 2. The van der Waals surface area contributed by atoms with E-state index in [9.17, 15) is 9.59 Å². The highest BCUT2D eigenvalue weighted by molar-refractivity contribution is 6.35. The van der Waals surface area contributed by atoms with E-state index in [4.69, 9.17) is 0 Å². The van der Waals surface area contributed by atoms with E-state index in [0.29, 0.717) is 22.5 Å². The normalized spacial score (nSPS) is 11.0. The van der Waals surface area contributed by atoms with Crippen LogP contribution in [0, 0.1) is 0 Å². The number of nitrogens with zero attached hydrogens (tertiary/aromatic N) is 5. The number of carbonyl (C=O) groups is 2. The fourth-order valence-corrected chi connectivity index (χ4v) is 7.05. The van der Waals surface area contributed by atoms with Crippen LogP contribution in [0.5, 0.6) is 0 Å². The smallest absolute Gasteiger partial charge is 0.268 e. The van der Waals surface area contributed by atoms with Crippen molar-refractivity contribution < 1.29 is 9.59 Å². The van der Waals surface area contributed by atoms with Crippen LogP contribution in [0.4, 0.5) is 5.69 Å². The Morgan fingerprint density at radius 3 is 1.74 bits per heavy atom. The first-order valence-corrected chi connectivity index (χ1v) is 22.6. The molecule has 0 bridgehead atoms. The molecule has 7 heteroatoms. The predicted molar refractivity (Wildman–Crippen MR) is 293 cm³/mol. The molecule has 6 aromatic carbocycles. The number of fused-ring (bicyclic) bond motifs is 4. The van der Waals surface area contributed by atoms with Gasteiger partial charge in [-0.15, -0.1) is 0 Å². The second kappa shape index (κ2) is 27.1. The largest absolute Gasteiger partial charge is 0.308 e. The van der Waals surface area contributed by atoms with Gasteiger partial charge in [-0.1, -0.05) is 180 Å². The summed E-state index contributed by atoms with van der Waals surface area (Å²) in [4.78, 5) is 33.6. The van der Waals surface area contributed by atoms with E-state index in [1.165, 1.54) is 4.90 Å². The quantitative estimate of drug-likeness (QED) is 0.0501. The van der Waals surface area contributed by atoms with E-state index in [0.717, 1.165) is 55.3 Å². The molecule has 1 aliphatic heterocycles. The molecule has 0 spiro atoms. The van der Waals surface area contributed by atoms with Gasteiger partial charge >= 0.3 is 0 Å². The number of hydrogen-bond donors (Lipinski definition) is 0. The van der Waals surface area contributed by atoms with E-state index in [-0.39, 0.29) is 11.8 Å². The van der Waals surface area contributed by atoms with E-state index < -0.39 is 0 Å². The van der Waals surface area contributed by atoms with Crippen LogP contribution >= 0.6 is 0 Å². The molecule has 0 radical (unpaired) electrons. The number of benzene rings is 6. The average molecular weight is 898 g/mol. The van der Waals surface area contributed by atoms with Crippen LogP contribution < -0.4 is 4.90 Å². The third kappa shape index (κ3) is 13.1. The molecule has 0 N–H and O–H groups in total. The van der Waals surface area contributed by atoms with Gasteiger partial charge in [0, 0.05) is 42.8 Å². The number of hydrazone groups is 1. The maximum atomic E-state index is 14.1. The van der Waals surface area contributed by atoms with Crippen LogP contribution in [0.2, 0.25) is 0 Å². The number of allylic oxidation sites excluding steroid dienone is 6. The molecule has 0 saturated carbocycles. The van der Waals surface area contributed by atoms with E-state index in [1.54, 1.807) is 41.7 Å². The van der Waals surface area contributed by atoms with Crippen molar-refractivity contribution in [3.05, 3.63) is 243 Å². The Labute approximate surface area is 403 Å². The molecule has 7 nitrogen and oxygen atoms in total. The maximum absolute atomic E-state index is 14.1. The molecule has 9 rings (SSSR count). The zero-order chi connectivity index (χ0) is 49.4. The van der Waals surface area contributed by atoms with Crippen LogP contribution in [0.1, 0.15) is 60.9 Å². The predicted octanol–water partition coefficient (Wildman–Crippen LogP) is 15.7. The van der Waals surface area contributed by atoms with Gasteiger partial charge in [-0.05, 0) is 97.6 Å². The molecule has 3 heterocycles. The molecule has 1 aliphatic rings. The minimum Gasteiger partial charge on any atom is -0.308 e. The highest BCUT2D eigenvalue weighted by Crippen LogP contribution is 2.39. The molecule has 0 saturated heterocycles. The van der Waals surface area contributed by atoms with Gasteiger partial charge in [-0.2, -0.15) is 5.10 Å². The Hall–Kier alpha value is -8.42. The van der Waals surface area contributed by atoms with Gasteiger partial charge in [0.2, 0.25) is 0 Å². The summed E-state index contributed by atoms with van der Waals surface area (Å²) in [5.41, 5.74) is 10.1. The summed E-state index contributed by atoms with van der Waals surface area (Å²) in [7, 11) is 3.78. The Bertz CT molecular complexity index is 2950. The maximum Gasteiger partial charge on any atom is 0.268 e. The number of pyridine rings is 1. The number of anilines is 1. The fraction of sp³-hybridized carbons (Fsp3) is 0.115. The van der Waals surface area contributed by atoms with Gasteiger partial charge in [-0.25, -0.2) is 4.90 Å². The first kappa shape index (κ1) is 52.2. The minimum absolute atomic E-state index is 0.317. The number of hydrogen-bond acceptors (Lipinski definition) is 5. The lowest BCUT2D eigenvalue weighted by atomic mass is 10.1. The average Bonchev–Trinajstić information content (AvgIpc) is 3.87. The molecule has 0 fully saturated rings. The monoisotopic (exact) mass is 897 g/mol. The van der Waals surface area contributed by atoms with Crippen molar-refractivity contribution in [2.24, 2.45) is 5.10 Å². The number of imide groups is 1. The Kier molecular flexibility index (Phi) is 20.8. The van der Waals surface area contributed by atoms with Gasteiger partial charge in [0.1, 0.15) is 0 Å². The molecule has 0 atom stereocenters. The Morgan fingerprint density at radius 2 is 1.18 bits per heavy atom. The second-order valence-corrected chi connectivity index (χ2v) is 14.8. The summed E-state index contributed by atoms with van der Waals surface area (Å²) in [5.74, 6) is -0.642. The van der Waals surface area contributed by atoms with E-state index in [2.05, 4.69) is 71.3 Å². The van der Waals surface area contributed by atoms with Crippen molar-refractivity contribution in [1.29, 1.82) is 0 Å². The van der Waals surface area contributed by atoms with Crippen molar-refractivity contribution in [3.8, 4) is 28.1 Å². The highest BCUT2D eigenvalue weighted by Gasteiger charge is 2.39. The van der Waals surface area contributed by atoms with Crippen molar-refractivity contribution in [2.45, 2.75) is 34.6 Å². The number of aromatic nitrogens is 2. The van der Waals surface area contributed by atoms with Crippen LogP contribution in [-0.4, -0.2) is 46.7 Å². The van der Waals surface area contributed by atoms with E-state index in [1.807, 2.05) is 188 Å². The lowest BCUT2D eigenvalue weighted by Gasteiger charge is -2.15. The Balaban J connectivity index is 0.000000319. The molecule has 0 unspecified atom stereocenters. The van der Waals surface area contributed by atoms with Gasteiger partial charge < -0.3 is 9.58 Å². The van der Waals surface area contributed by atoms with Gasteiger partial charge in [0.05, 0.1) is 39.2 Å². The minimum atomic E-state index is -0.325. The summed E-state index contributed by atoms with van der Waals surface area (Å²) >= 11 is 0. The fourth-order valence-electron chi connectivity index (χ4n) is 7.05. The third-order valence-electron chi connectivity index (χ3n) is 10.2. The van der Waals surface area contributed by atoms with Gasteiger partial charge in [0.15, 0.2) is 0 Å². The number of amides is 2. The third-order valence-corrected chi connectivity index (χ3v) is 10.2. The Morgan fingerprint density at radius 1 is 0.603 bits per heavy atom. The first-order chi connectivity index (χ1) is 33.1. The molecule has 2 amide bonds. The summed E-state index contributed by atoms with van der Waals surface area (Å²) in [6, 6.07) is 53.4. The van der Waals surface area contributed by atoms with Gasteiger partial charge in [-0.3, -0.25) is 14.6 Å². The molecule has 68 heavy (non-hydrogen) atoms. The number of para-hydroxylation sites is 1. The van der Waals surface area contributed by atoms with Crippen molar-refractivity contribution in [1.82, 2.24) is 14.6 Å². The second-order valence-electron chi connectivity index (χ2n) is 14.8. The zero-order valence-electron chi connectivity index (χ0n) is 40.5. The van der Waals surface area contributed by atoms with Crippen LogP contribution in [0.25, 0.3) is 55.5 Å². The SMILES string of the molecule is C/C=C\C.C/C=N/N(C)C.C=CC(=C)c1ccccc1.C=CC=C.CC.O=C1c2cccc(-n3c4ccccc4c4cc(-c5ccccn5)ccc43)c2C(=O)N1c1ccc(-c2ccccc2)cc1. The van der Waals surface area contributed by atoms with Gasteiger partial charge in [0.25, 0.3) is 11.8 Å². The standard InChI is InChI=1S/C37H23N3O2.C10H10.C4H10N2.C4H8.C4H6.C2H6/c41-36-29-12-8-15-34(35(29)37(42)39(36)27-19-16-25(17-20-27)24-9-2-1-3-10-24)40-32-14-5-4-11-28(32)30-23-26(18-21-33(30)40)31-13-6-7-22-38-31;1-3-9(2)10-7-5-4-6-8-10;1-4-5-6(2)3;2*1-3-4-2;1-2/h1-23H;3-8H,1-2H2;4H,1-3H3;3-4H,1-2H3;3-4H,1-2H2;1-2H3/b;;5-4+;4-3-;;. The number of rotatable bonds is 8. The molecular formula is C61H63N5O2. The van der Waals surface area contributed by atoms with Crippen molar-refractivity contribution in [2.75, 3.05) is 19.0 Å². The van der Waals surface area contributed by atoms with Crippen molar-refractivity contribution in [3.63, 3.8) is 0 Å².